The number of nitrogens with two attached hydrogens (primary N) is 1. The zero-order valence-corrected chi connectivity index (χ0v) is 11.4. The second kappa shape index (κ2) is 5.74. The van der Waals surface area contributed by atoms with Crippen molar-refractivity contribution in [2.24, 2.45) is 0 Å². The molecule has 1 heterocycles. The molecule has 2 nitrogen and oxygen atoms in total. The number of nitrogens with one attached hydrogen (secondary N) is 1. The second-order valence-corrected chi connectivity index (χ2v) is 5.94. The molecule has 17 heavy (non-hydrogen) atoms. The topological polar surface area (TPSA) is 38.0 Å². The van der Waals surface area contributed by atoms with Gasteiger partial charge in [0.15, 0.2) is 0 Å². The van der Waals surface area contributed by atoms with E-state index in [-0.39, 0.29) is 0 Å². The lowest BCUT2D eigenvalue weighted by Gasteiger charge is -2.05. The third kappa shape index (κ3) is 3.89. The van der Waals surface area contributed by atoms with Crippen molar-refractivity contribution < 1.29 is 0 Å². The van der Waals surface area contributed by atoms with E-state index < -0.39 is 0 Å². The van der Waals surface area contributed by atoms with Crippen molar-refractivity contribution in [3.05, 3.63) is 50.1 Å². The standard InChI is InChI=1S/C12H12Cl2N2S/c13-9-3-8(4-10(15)5-9)6-16-7-11-1-2-12(14)17-11/h1-5,16H,6-7,15H2. The Bertz CT molecular complexity index is 491. The van der Waals surface area contributed by atoms with E-state index in [1.165, 1.54) is 4.88 Å². The third-order valence-corrected chi connectivity index (χ3v) is 3.69. The van der Waals surface area contributed by atoms with Crippen molar-refractivity contribution in [1.29, 1.82) is 0 Å². The molecule has 0 atom stereocenters. The van der Waals surface area contributed by atoms with Crippen molar-refractivity contribution in [2.75, 3.05) is 5.73 Å². The summed E-state index contributed by atoms with van der Waals surface area (Å²) in [5, 5.41) is 3.99. The van der Waals surface area contributed by atoms with Crippen LogP contribution in [0.5, 0.6) is 0 Å². The molecule has 0 amide bonds. The van der Waals surface area contributed by atoms with Crippen LogP contribution in [0.2, 0.25) is 9.36 Å². The predicted molar refractivity (Wildman–Crippen MR) is 75.7 cm³/mol. The number of halogens is 2. The van der Waals surface area contributed by atoms with Crippen molar-refractivity contribution in [2.45, 2.75) is 13.1 Å². The maximum atomic E-state index is 5.93. The zero-order chi connectivity index (χ0) is 12.3. The monoisotopic (exact) mass is 286 g/mol. The number of hydrogen-bond acceptors (Lipinski definition) is 3. The van der Waals surface area contributed by atoms with Crippen molar-refractivity contribution >= 4 is 40.2 Å². The molecule has 1 aromatic carbocycles. The molecule has 2 aromatic rings. The van der Waals surface area contributed by atoms with Gasteiger partial charge in [-0.05, 0) is 35.9 Å². The molecule has 0 spiro atoms. The van der Waals surface area contributed by atoms with Gasteiger partial charge in [0, 0.05) is 28.7 Å². The molecule has 5 heteroatoms. The molecule has 0 saturated heterocycles. The smallest absolute Gasteiger partial charge is 0.0931 e. The van der Waals surface area contributed by atoms with E-state index in [1.807, 2.05) is 24.3 Å². The van der Waals surface area contributed by atoms with E-state index in [0.29, 0.717) is 10.7 Å². The predicted octanol–water partition coefficient (Wildman–Crippen LogP) is 3.93. The maximum absolute atomic E-state index is 5.93. The van der Waals surface area contributed by atoms with Crippen molar-refractivity contribution in [3.8, 4) is 0 Å². The Hall–Kier alpha value is -0.740. The minimum absolute atomic E-state index is 0.668. The fourth-order valence-corrected chi connectivity index (χ4v) is 2.88. The highest BCUT2D eigenvalue weighted by Gasteiger charge is 2.00. The Balaban J connectivity index is 1.89. The first-order valence-electron chi connectivity index (χ1n) is 5.13. The van der Waals surface area contributed by atoms with Gasteiger partial charge in [-0.15, -0.1) is 11.3 Å². The fourth-order valence-electron chi connectivity index (χ4n) is 1.55. The van der Waals surface area contributed by atoms with Gasteiger partial charge in [0.1, 0.15) is 0 Å². The number of nitrogen functional groups attached to an aromatic ring is 1. The number of thiophene rings is 1. The molecular formula is C12H12Cl2N2S. The lowest BCUT2D eigenvalue weighted by molar-refractivity contribution is 0.701. The van der Waals surface area contributed by atoms with Crippen LogP contribution in [0.15, 0.2) is 30.3 Å². The van der Waals surface area contributed by atoms with Gasteiger partial charge in [-0.3, -0.25) is 0 Å². The average Bonchev–Trinajstić information content (AvgIpc) is 2.63. The van der Waals surface area contributed by atoms with Gasteiger partial charge < -0.3 is 11.1 Å². The molecule has 0 bridgehead atoms. The molecule has 90 valence electrons. The highest BCUT2D eigenvalue weighted by atomic mass is 35.5. The molecule has 2 rings (SSSR count). The van der Waals surface area contributed by atoms with Gasteiger partial charge in [0.25, 0.3) is 0 Å². The highest BCUT2D eigenvalue weighted by molar-refractivity contribution is 7.16. The molecule has 0 aliphatic carbocycles. The normalized spacial score (nSPS) is 10.7. The fraction of sp³-hybridized carbons (Fsp3) is 0.167. The molecule has 0 aliphatic heterocycles. The quantitative estimate of drug-likeness (QED) is 0.836. The van der Waals surface area contributed by atoms with Crippen LogP contribution in [0, 0.1) is 0 Å². The van der Waals surface area contributed by atoms with E-state index in [9.17, 15) is 0 Å². The van der Waals surface area contributed by atoms with E-state index in [0.717, 1.165) is 23.0 Å². The van der Waals surface area contributed by atoms with Crippen LogP contribution in [0.3, 0.4) is 0 Å². The van der Waals surface area contributed by atoms with Crippen LogP contribution in [-0.4, -0.2) is 0 Å². The molecule has 0 radical (unpaired) electrons. The molecule has 0 fully saturated rings. The third-order valence-electron chi connectivity index (χ3n) is 2.24. The Morgan fingerprint density at radius 2 is 1.94 bits per heavy atom. The van der Waals surface area contributed by atoms with Gasteiger partial charge in [0.2, 0.25) is 0 Å². The van der Waals surface area contributed by atoms with Gasteiger partial charge >= 0.3 is 0 Å². The van der Waals surface area contributed by atoms with E-state index in [2.05, 4.69) is 5.32 Å². The molecule has 0 saturated carbocycles. The number of benzene rings is 1. The maximum Gasteiger partial charge on any atom is 0.0931 e. The average molecular weight is 287 g/mol. The van der Waals surface area contributed by atoms with Crippen LogP contribution in [-0.2, 0) is 13.1 Å². The van der Waals surface area contributed by atoms with E-state index >= 15 is 0 Å². The van der Waals surface area contributed by atoms with Gasteiger partial charge in [0.05, 0.1) is 4.34 Å². The summed E-state index contributed by atoms with van der Waals surface area (Å²) in [6.45, 7) is 1.53. The Morgan fingerprint density at radius 1 is 1.12 bits per heavy atom. The van der Waals surface area contributed by atoms with Crippen molar-refractivity contribution in [3.63, 3.8) is 0 Å². The first-order chi connectivity index (χ1) is 8.13. The van der Waals surface area contributed by atoms with Gasteiger partial charge in [-0.1, -0.05) is 23.2 Å². The number of hydrogen-bond donors (Lipinski definition) is 2. The van der Waals surface area contributed by atoms with E-state index in [4.69, 9.17) is 28.9 Å². The summed E-state index contributed by atoms with van der Waals surface area (Å²) in [7, 11) is 0. The molecule has 1 aromatic heterocycles. The lowest BCUT2D eigenvalue weighted by atomic mass is 10.2. The largest absolute Gasteiger partial charge is 0.399 e. The summed E-state index contributed by atoms with van der Waals surface area (Å²) in [6.07, 6.45) is 0. The summed E-state index contributed by atoms with van der Waals surface area (Å²) >= 11 is 13.4. The van der Waals surface area contributed by atoms with Crippen LogP contribution in [0.25, 0.3) is 0 Å². The van der Waals surface area contributed by atoms with Crippen LogP contribution in [0.4, 0.5) is 5.69 Å². The zero-order valence-electron chi connectivity index (χ0n) is 9.04. The minimum atomic E-state index is 0.668. The summed E-state index contributed by atoms with van der Waals surface area (Å²) in [4.78, 5) is 1.21. The summed E-state index contributed by atoms with van der Waals surface area (Å²) in [5.41, 5.74) is 7.49. The van der Waals surface area contributed by atoms with Crippen LogP contribution in [0.1, 0.15) is 10.4 Å². The van der Waals surface area contributed by atoms with Gasteiger partial charge in [-0.2, -0.15) is 0 Å². The van der Waals surface area contributed by atoms with E-state index in [1.54, 1.807) is 17.4 Å². The first-order valence-corrected chi connectivity index (χ1v) is 6.70. The minimum Gasteiger partial charge on any atom is -0.399 e. The molecule has 0 aliphatic rings. The lowest BCUT2D eigenvalue weighted by Crippen LogP contribution is -2.11. The summed E-state index contributed by atoms with van der Waals surface area (Å²) in [6, 6.07) is 9.49. The highest BCUT2D eigenvalue weighted by Crippen LogP contribution is 2.21. The summed E-state index contributed by atoms with van der Waals surface area (Å²) < 4.78 is 0.814. The Kier molecular flexibility index (Phi) is 4.29. The van der Waals surface area contributed by atoms with Crippen LogP contribution >= 0.6 is 34.5 Å². The van der Waals surface area contributed by atoms with Crippen molar-refractivity contribution in [1.82, 2.24) is 5.32 Å². The second-order valence-electron chi connectivity index (χ2n) is 3.70. The number of anilines is 1. The number of rotatable bonds is 4. The molecule has 0 unspecified atom stereocenters. The SMILES string of the molecule is Nc1cc(Cl)cc(CNCc2ccc(Cl)s2)c1. The van der Waals surface area contributed by atoms with Gasteiger partial charge in [-0.25, -0.2) is 0 Å². The Morgan fingerprint density at radius 3 is 2.59 bits per heavy atom. The molecular weight excluding hydrogens is 275 g/mol. The summed E-state index contributed by atoms with van der Waals surface area (Å²) in [5.74, 6) is 0. The molecule has 3 N–H and O–H groups in total. The van der Waals surface area contributed by atoms with Crippen LogP contribution < -0.4 is 11.1 Å². The first kappa shape index (κ1) is 12.7. The Labute approximate surface area is 114 Å².